The number of unbranched alkanes of at least 4 members (excludes halogenated alkanes) is 8. The highest BCUT2D eigenvalue weighted by molar-refractivity contribution is 7.91. The van der Waals surface area contributed by atoms with Gasteiger partial charge < -0.3 is 5.11 Å². The molecule has 0 unspecified atom stereocenters. The summed E-state index contributed by atoms with van der Waals surface area (Å²) in [4.78, 5) is 10.3. The van der Waals surface area contributed by atoms with Crippen molar-refractivity contribution >= 4 is 15.8 Å². The molecule has 1 N–H and O–H groups in total. The van der Waals surface area contributed by atoms with E-state index in [0.29, 0.717) is 6.42 Å². The molecule has 0 aliphatic carbocycles. The Morgan fingerprint density at radius 1 is 0.842 bits per heavy atom. The number of sulfone groups is 1. The van der Waals surface area contributed by atoms with E-state index in [1.165, 1.54) is 38.5 Å². The minimum Gasteiger partial charge on any atom is -0.481 e. The number of carboxylic acids is 1. The summed E-state index contributed by atoms with van der Waals surface area (Å²) in [6.45, 7) is 2.20. The van der Waals surface area contributed by atoms with E-state index in [1.54, 1.807) is 0 Å². The van der Waals surface area contributed by atoms with Crippen LogP contribution in [0, 0.1) is 0 Å². The molecule has 0 atom stereocenters. The van der Waals surface area contributed by atoms with Crippen molar-refractivity contribution < 1.29 is 18.3 Å². The summed E-state index contributed by atoms with van der Waals surface area (Å²) in [5.74, 6) is -1.13. The Balaban J connectivity index is 3.40. The van der Waals surface area contributed by atoms with Crippen LogP contribution in [0.4, 0.5) is 0 Å². The van der Waals surface area contributed by atoms with E-state index in [-0.39, 0.29) is 17.9 Å². The Bertz CT molecular complexity index is 322. The number of carbonyl (C=O) groups is 1. The van der Waals surface area contributed by atoms with Crippen molar-refractivity contribution in [2.24, 2.45) is 0 Å². The fourth-order valence-electron chi connectivity index (χ4n) is 1.98. The van der Waals surface area contributed by atoms with E-state index in [2.05, 4.69) is 6.92 Å². The number of rotatable bonds is 13. The lowest BCUT2D eigenvalue weighted by molar-refractivity contribution is -0.136. The predicted octanol–water partition coefficient (Wildman–Crippen LogP) is 3.41. The summed E-state index contributed by atoms with van der Waals surface area (Å²) in [5, 5.41) is 8.44. The molecule has 0 spiro atoms. The molecule has 19 heavy (non-hydrogen) atoms. The van der Waals surface area contributed by atoms with Crippen molar-refractivity contribution in [3.8, 4) is 0 Å². The lowest BCUT2D eigenvalue weighted by Gasteiger charge is -2.03. The second-order valence-corrected chi connectivity index (χ2v) is 7.43. The Labute approximate surface area is 117 Å². The highest BCUT2D eigenvalue weighted by Gasteiger charge is 2.12. The van der Waals surface area contributed by atoms with E-state index < -0.39 is 15.8 Å². The lowest BCUT2D eigenvalue weighted by atomic mass is 10.1. The maximum atomic E-state index is 11.5. The van der Waals surface area contributed by atoms with Gasteiger partial charge in [0.25, 0.3) is 0 Å². The molecule has 0 aromatic carbocycles. The van der Waals surface area contributed by atoms with Crippen LogP contribution in [0.1, 0.15) is 71.1 Å². The van der Waals surface area contributed by atoms with E-state index >= 15 is 0 Å². The zero-order chi connectivity index (χ0) is 14.6. The van der Waals surface area contributed by atoms with Crippen molar-refractivity contribution in [3.63, 3.8) is 0 Å². The monoisotopic (exact) mass is 292 g/mol. The molecule has 4 nitrogen and oxygen atoms in total. The van der Waals surface area contributed by atoms with Crippen LogP contribution in [0.2, 0.25) is 0 Å². The van der Waals surface area contributed by atoms with Gasteiger partial charge in [0.1, 0.15) is 0 Å². The summed E-state index contributed by atoms with van der Waals surface area (Å²) in [7, 11) is -3.16. The lowest BCUT2D eigenvalue weighted by Crippen LogP contribution is -2.14. The van der Waals surface area contributed by atoms with Gasteiger partial charge in [0.05, 0.1) is 17.9 Å². The normalized spacial score (nSPS) is 11.6. The van der Waals surface area contributed by atoms with Gasteiger partial charge in [-0.05, 0) is 6.42 Å². The molecule has 0 saturated heterocycles. The Hall–Kier alpha value is -0.580. The number of carboxylic acid groups (broad SMARTS) is 1. The van der Waals surface area contributed by atoms with Gasteiger partial charge in [-0.25, -0.2) is 8.42 Å². The third-order valence-electron chi connectivity index (χ3n) is 3.19. The van der Waals surface area contributed by atoms with Crippen LogP contribution in [0.15, 0.2) is 0 Å². The van der Waals surface area contributed by atoms with Crippen LogP contribution in [0.5, 0.6) is 0 Å². The predicted molar refractivity (Wildman–Crippen MR) is 78.1 cm³/mol. The molecule has 0 saturated carbocycles. The summed E-state index contributed by atoms with van der Waals surface area (Å²) in [6.07, 6.45) is 9.98. The summed E-state index contributed by atoms with van der Waals surface area (Å²) in [6, 6.07) is 0. The Kier molecular flexibility index (Phi) is 10.9. The molecular formula is C14H28O4S. The van der Waals surface area contributed by atoms with Crippen LogP contribution < -0.4 is 0 Å². The molecule has 0 aromatic heterocycles. The van der Waals surface area contributed by atoms with Crippen molar-refractivity contribution in [2.45, 2.75) is 71.1 Å². The largest absolute Gasteiger partial charge is 0.481 e. The molecule has 0 amide bonds. The molecule has 114 valence electrons. The van der Waals surface area contributed by atoms with Gasteiger partial charge in [-0.3, -0.25) is 4.79 Å². The minimum absolute atomic E-state index is 0.135. The second kappa shape index (κ2) is 11.3. The highest BCUT2D eigenvalue weighted by atomic mass is 32.2. The van der Waals surface area contributed by atoms with E-state index in [9.17, 15) is 13.2 Å². The second-order valence-electron chi connectivity index (χ2n) is 5.12. The molecule has 0 aliphatic rings. The maximum Gasteiger partial charge on any atom is 0.304 e. The SMILES string of the molecule is CCCCCCCCCCCS(=O)(=O)CCC(=O)O. The standard InChI is InChI=1S/C14H28O4S/c1-2-3-4-5-6-7-8-9-10-12-19(17,18)13-11-14(15)16/h2-13H2,1H3,(H,15,16). The van der Waals surface area contributed by atoms with Crippen molar-refractivity contribution in [1.29, 1.82) is 0 Å². The van der Waals surface area contributed by atoms with Gasteiger partial charge in [-0.2, -0.15) is 0 Å². The zero-order valence-electron chi connectivity index (χ0n) is 12.1. The Morgan fingerprint density at radius 2 is 1.32 bits per heavy atom. The van der Waals surface area contributed by atoms with E-state index in [0.717, 1.165) is 12.8 Å². The van der Waals surface area contributed by atoms with Crippen LogP contribution in [0.3, 0.4) is 0 Å². The number of hydrogen-bond acceptors (Lipinski definition) is 3. The molecule has 0 fully saturated rings. The molecule has 0 bridgehead atoms. The quantitative estimate of drug-likeness (QED) is 0.528. The van der Waals surface area contributed by atoms with Crippen LogP contribution in [-0.4, -0.2) is 31.0 Å². The van der Waals surface area contributed by atoms with Crippen molar-refractivity contribution in [3.05, 3.63) is 0 Å². The smallest absolute Gasteiger partial charge is 0.304 e. The van der Waals surface area contributed by atoms with Crippen LogP contribution in [0.25, 0.3) is 0 Å². The first-order valence-corrected chi connectivity index (χ1v) is 9.22. The Morgan fingerprint density at radius 3 is 1.79 bits per heavy atom. The average Bonchev–Trinajstić information content (AvgIpc) is 2.34. The molecule has 5 heteroatoms. The van der Waals surface area contributed by atoms with Gasteiger partial charge >= 0.3 is 5.97 Å². The third kappa shape index (κ3) is 13.6. The fraction of sp³-hybridized carbons (Fsp3) is 0.929. The average molecular weight is 292 g/mol. The first-order valence-electron chi connectivity index (χ1n) is 7.40. The molecule has 0 heterocycles. The van der Waals surface area contributed by atoms with Crippen molar-refractivity contribution in [2.75, 3.05) is 11.5 Å². The van der Waals surface area contributed by atoms with Crippen molar-refractivity contribution in [1.82, 2.24) is 0 Å². The number of hydrogen-bond donors (Lipinski definition) is 1. The van der Waals surface area contributed by atoms with Gasteiger partial charge in [0.2, 0.25) is 0 Å². The van der Waals surface area contributed by atoms with Gasteiger partial charge in [0.15, 0.2) is 9.84 Å². The van der Waals surface area contributed by atoms with Crippen LogP contribution in [-0.2, 0) is 14.6 Å². The highest BCUT2D eigenvalue weighted by Crippen LogP contribution is 2.10. The van der Waals surface area contributed by atoms with Gasteiger partial charge in [-0.15, -0.1) is 0 Å². The number of aliphatic carboxylic acids is 1. The fourth-order valence-corrected chi connectivity index (χ4v) is 3.31. The molecule has 0 rings (SSSR count). The molecular weight excluding hydrogens is 264 g/mol. The first-order chi connectivity index (χ1) is 8.98. The maximum absolute atomic E-state index is 11.5. The van der Waals surface area contributed by atoms with Crippen LogP contribution >= 0.6 is 0 Å². The molecule has 0 aliphatic heterocycles. The van der Waals surface area contributed by atoms with Gasteiger partial charge in [-0.1, -0.05) is 58.3 Å². The van der Waals surface area contributed by atoms with Gasteiger partial charge in [0, 0.05) is 0 Å². The molecule has 0 radical (unpaired) electrons. The molecule has 0 aromatic rings. The summed E-state index contributed by atoms with van der Waals surface area (Å²) >= 11 is 0. The first kappa shape index (κ1) is 18.4. The topological polar surface area (TPSA) is 71.4 Å². The summed E-state index contributed by atoms with van der Waals surface area (Å²) in [5.41, 5.74) is 0. The summed E-state index contributed by atoms with van der Waals surface area (Å²) < 4.78 is 23.0. The van der Waals surface area contributed by atoms with E-state index in [4.69, 9.17) is 5.11 Å². The van der Waals surface area contributed by atoms with E-state index in [1.807, 2.05) is 0 Å². The zero-order valence-corrected chi connectivity index (χ0v) is 12.9. The third-order valence-corrected chi connectivity index (χ3v) is 4.92. The minimum atomic E-state index is -3.16.